The highest BCUT2D eigenvalue weighted by atomic mass is 16.2. The van der Waals surface area contributed by atoms with Crippen LogP contribution < -0.4 is 5.32 Å². The summed E-state index contributed by atoms with van der Waals surface area (Å²) in [5.74, 6) is 0.0446. The lowest BCUT2D eigenvalue weighted by molar-refractivity contribution is -0.154. The molecule has 0 aromatic heterocycles. The van der Waals surface area contributed by atoms with Gasteiger partial charge in [-0.3, -0.25) is 9.59 Å². The van der Waals surface area contributed by atoms with Gasteiger partial charge < -0.3 is 10.2 Å². The van der Waals surface area contributed by atoms with Gasteiger partial charge in [-0.15, -0.1) is 0 Å². The van der Waals surface area contributed by atoms with Crippen LogP contribution in [0.1, 0.15) is 47.0 Å². The minimum Gasteiger partial charge on any atom is -0.340 e. The van der Waals surface area contributed by atoms with E-state index in [1.54, 1.807) is 11.8 Å². The van der Waals surface area contributed by atoms with Gasteiger partial charge in [0, 0.05) is 6.54 Å². The molecule has 0 aromatic carbocycles. The lowest BCUT2D eigenvalue weighted by Crippen LogP contribution is -2.68. The van der Waals surface area contributed by atoms with Crippen LogP contribution in [0.5, 0.6) is 0 Å². The van der Waals surface area contributed by atoms with E-state index in [0.717, 1.165) is 12.8 Å². The Morgan fingerprint density at radius 1 is 1.31 bits per heavy atom. The third kappa shape index (κ3) is 2.06. The number of likely N-dealkylation sites (N-methyl/N-ethyl adjacent to an activating group) is 1. The number of carbonyl (C=O) groups is 2. The first-order chi connectivity index (χ1) is 7.50. The SMILES string of the molecule is CCCC1C(=O)NC(C)(CC)C(=O)N1CC. The van der Waals surface area contributed by atoms with Crippen molar-refractivity contribution in [1.29, 1.82) is 0 Å². The van der Waals surface area contributed by atoms with Crippen molar-refractivity contribution in [3.63, 3.8) is 0 Å². The molecule has 0 bridgehead atoms. The Morgan fingerprint density at radius 2 is 1.94 bits per heavy atom. The van der Waals surface area contributed by atoms with Crippen LogP contribution >= 0.6 is 0 Å². The summed E-state index contributed by atoms with van der Waals surface area (Å²) < 4.78 is 0. The maximum atomic E-state index is 12.3. The van der Waals surface area contributed by atoms with Crippen molar-refractivity contribution in [1.82, 2.24) is 10.2 Å². The van der Waals surface area contributed by atoms with Gasteiger partial charge in [0.15, 0.2) is 0 Å². The van der Waals surface area contributed by atoms with E-state index in [0.29, 0.717) is 13.0 Å². The number of rotatable bonds is 4. The maximum Gasteiger partial charge on any atom is 0.248 e. The van der Waals surface area contributed by atoms with Gasteiger partial charge in [-0.2, -0.15) is 0 Å². The van der Waals surface area contributed by atoms with Gasteiger partial charge >= 0.3 is 0 Å². The van der Waals surface area contributed by atoms with Crippen LogP contribution in [-0.2, 0) is 9.59 Å². The Bertz CT molecular complexity index is 291. The first-order valence-electron chi connectivity index (χ1n) is 6.13. The molecule has 0 saturated carbocycles. The molecular formula is C12H22N2O2. The van der Waals surface area contributed by atoms with Crippen LogP contribution in [0, 0.1) is 0 Å². The van der Waals surface area contributed by atoms with Crippen LogP contribution in [0.25, 0.3) is 0 Å². The normalized spacial score (nSPS) is 30.5. The number of amides is 2. The Kier molecular flexibility index (Phi) is 3.94. The second kappa shape index (κ2) is 4.85. The van der Waals surface area contributed by atoms with Gasteiger partial charge in [0.2, 0.25) is 11.8 Å². The topological polar surface area (TPSA) is 49.4 Å². The van der Waals surface area contributed by atoms with Crippen LogP contribution in [0.2, 0.25) is 0 Å². The summed E-state index contributed by atoms with van der Waals surface area (Å²) in [6.45, 7) is 8.28. The van der Waals surface area contributed by atoms with Crippen molar-refractivity contribution in [3.05, 3.63) is 0 Å². The van der Waals surface area contributed by atoms with E-state index in [1.807, 2.05) is 20.8 Å². The Hall–Kier alpha value is -1.06. The van der Waals surface area contributed by atoms with E-state index in [2.05, 4.69) is 5.32 Å². The van der Waals surface area contributed by atoms with Crippen molar-refractivity contribution >= 4 is 11.8 Å². The molecule has 1 fully saturated rings. The van der Waals surface area contributed by atoms with Crippen LogP contribution in [-0.4, -0.2) is 34.8 Å². The molecule has 0 aromatic rings. The molecule has 2 amide bonds. The zero-order chi connectivity index (χ0) is 12.3. The summed E-state index contributed by atoms with van der Waals surface area (Å²) in [5, 5.41) is 2.86. The first kappa shape index (κ1) is 13.0. The fourth-order valence-electron chi connectivity index (χ4n) is 2.17. The van der Waals surface area contributed by atoms with Crippen molar-refractivity contribution in [2.24, 2.45) is 0 Å². The monoisotopic (exact) mass is 226 g/mol. The van der Waals surface area contributed by atoms with Crippen molar-refractivity contribution in [2.45, 2.75) is 58.5 Å². The van der Waals surface area contributed by atoms with Crippen molar-refractivity contribution in [2.75, 3.05) is 6.54 Å². The molecule has 0 spiro atoms. The Labute approximate surface area is 97.4 Å². The van der Waals surface area contributed by atoms with Gasteiger partial charge in [-0.25, -0.2) is 0 Å². The molecule has 2 unspecified atom stereocenters. The zero-order valence-electron chi connectivity index (χ0n) is 10.7. The molecule has 4 nitrogen and oxygen atoms in total. The molecule has 1 saturated heterocycles. The van der Waals surface area contributed by atoms with Crippen molar-refractivity contribution < 1.29 is 9.59 Å². The molecule has 1 aliphatic heterocycles. The highest BCUT2D eigenvalue weighted by molar-refractivity contribution is 5.99. The molecule has 1 aliphatic rings. The summed E-state index contributed by atoms with van der Waals surface area (Å²) in [7, 11) is 0. The van der Waals surface area contributed by atoms with Gasteiger partial charge in [-0.05, 0) is 26.7 Å². The fourth-order valence-corrected chi connectivity index (χ4v) is 2.17. The third-order valence-corrected chi connectivity index (χ3v) is 3.42. The number of hydrogen-bond donors (Lipinski definition) is 1. The molecule has 1 N–H and O–H groups in total. The smallest absolute Gasteiger partial charge is 0.248 e. The van der Waals surface area contributed by atoms with E-state index >= 15 is 0 Å². The Morgan fingerprint density at radius 3 is 2.38 bits per heavy atom. The fraction of sp³-hybridized carbons (Fsp3) is 0.833. The first-order valence-corrected chi connectivity index (χ1v) is 6.13. The maximum absolute atomic E-state index is 12.3. The van der Waals surface area contributed by atoms with E-state index < -0.39 is 5.54 Å². The number of hydrogen-bond acceptors (Lipinski definition) is 2. The molecule has 4 heteroatoms. The summed E-state index contributed by atoms with van der Waals surface area (Å²) in [6, 6.07) is -0.276. The molecule has 16 heavy (non-hydrogen) atoms. The van der Waals surface area contributed by atoms with E-state index in [4.69, 9.17) is 0 Å². The van der Waals surface area contributed by atoms with Crippen LogP contribution in [0.15, 0.2) is 0 Å². The zero-order valence-corrected chi connectivity index (χ0v) is 10.7. The second-order valence-electron chi connectivity index (χ2n) is 4.57. The predicted octanol–water partition coefficient (Wildman–Crippen LogP) is 1.30. The van der Waals surface area contributed by atoms with E-state index in [1.165, 1.54) is 0 Å². The molecule has 0 radical (unpaired) electrons. The van der Waals surface area contributed by atoms with Gasteiger partial charge in [0.05, 0.1) is 0 Å². The summed E-state index contributed by atoms with van der Waals surface area (Å²) >= 11 is 0. The quantitative estimate of drug-likeness (QED) is 0.785. The third-order valence-electron chi connectivity index (χ3n) is 3.42. The molecular weight excluding hydrogens is 204 g/mol. The lowest BCUT2D eigenvalue weighted by Gasteiger charge is -2.43. The van der Waals surface area contributed by atoms with Gasteiger partial charge in [-0.1, -0.05) is 20.3 Å². The predicted molar refractivity (Wildman–Crippen MR) is 62.9 cm³/mol. The average Bonchev–Trinajstić information content (AvgIpc) is 2.26. The van der Waals surface area contributed by atoms with Gasteiger partial charge in [0.25, 0.3) is 0 Å². The molecule has 1 heterocycles. The van der Waals surface area contributed by atoms with Gasteiger partial charge in [0.1, 0.15) is 11.6 Å². The summed E-state index contributed by atoms with van der Waals surface area (Å²) in [6.07, 6.45) is 2.28. The second-order valence-corrected chi connectivity index (χ2v) is 4.57. The standard InChI is InChI=1S/C12H22N2O2/c1-5-8-9-10(15)13-12(4,6-2)11(16)14(9)7-3/h9H,5-8H2,1-4H3,(H,13,15). The minimum atomic E-state index is -0.711. The van der Waals surface area contributed by atoms with E-state index in [-0.39, 0.29) is 17.9 Å². The molecule has 92 valence electrons. The van der Waals surface area contributed by atoms with Crippen LogP contribution in [0.3, 0.4) is 0 Å². The van der Waals surface area contributed by atoms with E-state index in [9.17, 15) is 9.59 Å². The molecule has 2 atom stereocenters. The average molecular weight is 226 g/mol. The number of carbonyl (C=O) groups excluding carboxylic acids is 2. The highest BCUT2D eigenvalue weighted by Gasteiger charge is 2.45. The number of nitrogens with one attached hydrogen (secondary N) is 1. The molecule has 0 aliphatic carbocycles. The summed E-state index contributed by atoms with van der Waals surface area (Å²) in [5.41, 5.74) is -0.711. The largest absolute Gasteiger partial charge is 0.340 e. The summed E-state index contributed by atoms with van der Waals surface area (Å²) in [4.78, 5) is 25.9. The molecule has 1 rings (SSSR count). The number of piperazine rings is 1. The minimum absolute atomic E-state index is 0.00681. The Balaban J connectivity index is 2.96. The highest BCUT2D eigenvalue weighted by Crippen LogP contribution is 2.23. The van der Waals surface area contributed by atoms with Crippen molar-refractivity contribution in [3.8, 4) is 0 Å². The lowest BCUT2D eigenvalue weighted by atomic mass is 9.91. The van der Waals surface area contributed by atoms with Crippen LogP contribution in [0.4, 0.5) is 0 Å². The number of nitrogens with zero attached hydrogens (tertiary/aromatic N) is 1.